The Morgan fingerprint density at radius 3 is 2.94 bits per heavy atom. The van der Waals surface area contributed by atoms with Gasteiger partial charge in [-0.1, -0.05) is 6.07 Å². The van der Waals surface area contributed by atoms with Gasteiger partial charge in [0.2, 0.25) is 11.8 Å². The maximum atomic E-state index is 11.6. The molecule has 0 atom stereocenters. The van der Waals surface area contributed by atoms with Crippen LogP contribution in [0.2, 0.25) is 0 Å². The molecule has 0 radical (unpaired) electrons. The molecule has 1 heterocycles. The first-order valence-electron chi connectivity index (χ1n) is 5.52. The van der Waals surface area contributed by atoms with Crippen LogP contribution in [0.4, 0.5) is 5.69 Å². The van der Waals surface area contributed by atoms with E-state index in [0.717, 1.165) is 6.42 Å². The Labute approximate surface area is 99.0 Å². The number of carbonyl (C=O) groups excluding carboxylic acids is 2. The zero-order valence-corrected chi connectivity index (χ0v) is 9.35. The largest absolute Gasteiger partial charge is 0.508 e. The first-order valence-corrected chi connectivity index (χ1v) is 5.52. The number of nitrogens with one attached hydrogen (secondary N) is 1. The van der Waals surface area contributed by atoms with Crippen molar-refractivity contribution in [1.82, 2.24) is 4.90 Å². The molecule has 0 aliphatic carbocycles. The first-order chi connectivity index (χ1) is 8.15. The highest BCUT2D eigenvalue weighted by Crippen LogP contribution is 2.15. The van der Waals surface area contributed by atoms with Crippen molar-refractivity contribution in [3.8, 4) is 5.75 Å². The molecule has 5 nitrogen and oxygen atoms in total. The molecule has 90 valence electrons. The standard InChI is InChI=1S/C12H14N2O3/c15-10-4-1-3-9(7-10)13-11(16)8-14-6-2-5-12(14)17/h1,3-4,7,15H,2,5-6,8H2,(H,13,16). The summed E-state index contributed by atoms with van der Waals surface area (Å²) >= 11 is 0. The molecule has 1 aromatic rings. The smallest absolute Gasteiger partial charge is 0.243 e. The van der Waals surface area contributed by atoms with Crippen molar-refractivity contribution in [1.29, 1.82) is 0 Å². The van der Waals surface area contributed by atoms with Crippen molar-refractivity contribution in [2.24, 2.45) is 0 Å². The number of hydrogen-bond donors (Lipinski definition) is 2. The van der Waals surface area contributed by atoms with E-state index in [2.05, 4.69) is 5.32 Å². The molecule has 1 aromatic carbocycles. The summed E-state index contributed by atoms with van der Waals surface area (Å²) in [5.74, 6) is -0.123. The van der Waals surface area contributed by atoms with Gasteiger partial charge < -0.3 is 15.3 Å². The molecule has 1 aliphatic heterocycles. The van der Waals surface area contributed by atoms with Crippen LogP contribution in [0.3, 0.4) is 0 Å². The van der Waals surface area contributed by atoms with Gasteiger partial charge in [0.1, 0.15) is 5.75 Å². The van der Waals surface area contributed by atoms with Gasteiger partial charge in [0, 0.05) is 24.7 Å². The van der Waals surface area contributed by atoms with Gasteiger partial charge in [0.15, 0.2) is 0 Å². The molecule has 2 amide bonds. The summed E-state index contributed by atoms with van der Waals surface area (Å²) < 4.78 is 0. The fourth-order valence-electron chi connectivity index (χ4n) is 1.83. The topological polar surface area (TPSA) is 69.6 Å². The number of phenols is 1. The minimum atomic E-state index is -0.245. The van der Waals surface area contributed by atoms with E-state index < -0.39 is 0 Å². The van der Waals surface area contributed by atoms with E-state index in [1.165, 1.54) is 17.0 Å². The Morgan fingerprint density at radius 1 is 1.47 bits per heavy atom. The summed E-state index contributed by atoms with van der Waals surface area (Å²) in [7, 11) is 0. The number of likely N-dealkylation sites (tertiary alicyclic amines) is 1. The highest BCUT2D eigenvalue weighted by Gasteiger charge is 2.22. The number of hydrogen-bond acceptors (Lipinski definition) is 3. The Balaban J connectivity index is 1.91. The molecule has 0 aromatic heterocycles. The molecule has 5 heteroatoms. The molecule has 1 fully saturated rings. The van der Waals surface area contributed by atoms with Crippen LogP contribution in [0.1, 0.15) is 12.8 Å². The first kappa shape index (κ1) is 11.4. The van der Waals surface area contributed by atoms with E-state index in [1.54, 1.807) is 12.1 Å². The molecule has 2 N–H and O–H groups in total. The summed E-state index contributed by atoms with van der Waals surface area (Å²) in [6.45, 7) is 0.723. The highest BCUT2D eigenvalue weighted by atomic mass is 16.3. The second-order valence-corrected chi connectivity index (χ2v) is 4.02. The third-order valence-corrected chi connectivity index (χ3v) is 2.64. The number of rotatable bonds is 3. The maximum Gasteiger partial charge on any atom is 0.243 e. The Bertz CT molecular complexity index is 445. The van der Waals surface area contributed by atoms with Crippen LogP contribution in [0.5, 0.6) is 5.75 Å². The van der Waals surface area contributed by atoms with Crippen molar-refractivity contribution in [2.45, 2.75) is 12.8 Å². The van der Waals surface area contributed by atoms with Gasteiger partial charge in [-0.3, -0.25) is 9.59 Å². The van der Waals surface area contributed by atoms with Crippen LogP contribution in [0.25, 0.3) is 0 Å². The molecule has 0 spiro atoms. The maximum absolute atomic E-state index is 11.6. The van der Waals surface area contributed by atoms with Crippen molar-refractivity contribution in [3.05, 3.63) is 24.3 Å². The summed E-state index contributed by atoms with van der Waals surface area (Å²) in [5.41, 5.74) is 0.529. The number of amides is 2. The van der Waals surface area contributed by atoms with E-state index >= 15 is 0 Å². The van der Waals surface area contributed by atoms with Gasteiger partial charge in [0.05, 0.1) is 6.54 Å². The van der Waals surface area contributed by atoms with Crippen LogP contribution >= 0.6 is 0 Å². The summed E-state index contributed by atoms with van der Waals surface area (Å²) in [5, 5.41) is 11.9. The normalized spacial score (nSPS) is 15.1. The van der Waals surface area contributed by atoms with Gasteiger partial charge >= 0.3 is 0 Å². The van der Waals surface area contributed by atoms with Gasteiger partial charge in [-0.05, 0) is 18.6 Å². The second kappa shape index (κ2) is 4.86. The average Bonchev–Trinajstić information content (AvgIpc) is 2.64. The number of aromatic hydroxyl groups is 1. The molecule has 1 aliphatic rings. The number of benzene rings is 1. The molecule has 17 heavy (non-hydrogen) atoms. The predicted molar refractivity (Wildman–Crippen MR) is 62.6 cm³/mol. The fraction of sp³-hybridized carbons (Fsp3) is 0.333. The van der Waals surface area contributed by atoms with Gasteiger partial charge in [-0.2, -0.15) is 0 Å². The lowest BCUT2D eigenvalue weighted by Crippen LogP contribution is -2.33. The van der Waals surface area contributed by atoms with Crippen molar-refractivity contribution >= 4 is 17.5 Å². The SMILES string of the molecule is O=C(CN1CCCC1=O)Nc1cccc(O)c1. The number of anilines is 1. The van der Waals surface area contributed by atoms with Crippen molar-refractivity contribution in [2.75, 3.05) is 18.4 Å². The van der Waals surface area contributed by atoms with Crippen molar-refractivity contribution < 1.29 is 14.7 Å². The summed E-state index contributed by atoms with van der Waals surface area (Å²) in [6, 6.07) is 6.32. The van der Waals surface area contributed by atoms with Gasteiger partial charge in [0.25, 0.3) is 0 Å². The quantitative estimate of drug-likeness (QED) is 0.818. The third kappa shape index (κ3) is 2.96. The molecule has 1 saturated heterocycles. The van der Waals surface area contributed by atoms with Crippen LogP contribution < -0.4 is 5.32 Å². The van der Waals surface area contributed by atoms with Crippen LogP contribution in [-0.4, -0.2) is 34.9 Å². The van der Waals surface area contributed by atoms with E-state index in [-0.39, 0.29) is 24.1 Å². The van der Waals surface area contributed by atoms with Crippen molar-refractivity contribution in [3.63, 3.8) is 0 Å². The lowest BCUT2D eigenvalue weighted by Gasteiger charge is -2.14. The fourth-order valence-corrected chi connectivity index (χ4v) is 1.83. The lowest BCUT2D eigenvalue weighted by atomic mass is 10.3. The molecule has 0 saturated carbocycles. The number of carbonyl (C=O) groups is 2. The Kier molecular flexibility index (Phi) is 3.27. The van der Waals surface area contributed by atoms with Gasteiger partial charge in [-0.15, -0.1) is 0 Å². The van der Waals surface area contributed by atoms with E-state index in [4.69, 9.17) is 0 Å². The molecule has 2 rings (SSSR count). The highest BCUT2D eigenvalue weighted by molar-refractivity contribution is 5.95. The average molecular weight is 234 g/mol. The Hall–Kier alpha value is -2.04. The number of phenolic OH excluding ortho intramolecular Hbond substituents is 1. The van der Waals surface area contributed by atoms with Crippen LogP contribution in [0.15, 0.2) is 24.3 Å². The number of nitrogens with zero attached hydrogens (tertiary/aromatic N) is 1. The lowest BCUT2D eigenvalue weighted by molar-refractivity contribution is -0.131. The third-order valence-electron chi connectivity index (χ3n) is 2.64. The molecular weight excluding hydrogens is 220 g/mol. The zero-order chi connectivity index (χ0) is 12.3. The van der Waals surface area contributed by atoms with E-state index in [9.17, 15) is 14.7 Å². The minimum absolute atomic E-state index is 0.0241. The Morgan fingerprint density at radius 2 is 2.29 bits per heavy atom. The monoisotopic (exact) mass is 234 g/mol. The van der Waals surface area contributed by atoms with Crippen LogP contribution in [-0.2, 0) is 9.59 Å². The molecular formula is C12H14N2O3. The van der Waals surface area contributed by atoms with Gasteiger partial charge in [-0.25, -0.2) is 0 Å². The second-order valence-electron chi connectivity index (χ2n) is 4.02. The predicted octanol–water partition coefficient (Wildman–Crippen LogP) is 0.953. The minimum Gasteiger partial charge on any atom is -0.508 e. The zero-order valence-electron chi connectivity index (χ0n) is 9.35. The molecule has 0 bridgehead atoms. The summed E-state index contributed by atoms with van der Waals surface area (Å²) in [4.78, 5) is 24.5. The van der Waals surface area contributed by atoms with E-state index in [1.807, 2.05) is 0 Å². The van der Waals surface area contributed by atoms with Crippen LogP contribution in [0, 0.1) is 0 Å². The van der Waals surface area contributed by atoms with E-state index in [0.29, 0.717) is 18.7 Å². The summed E-state index contributed by atoms with van der Waals surface area (Å²) in [6.07, 6.45) is 1.34. The molecule has 0 unspecified atom stereocenters.